The smallest absolute Gasteiger partial charge is 0.305 e. The van der Waals surface area contributed by atoms with Crippen LogP contribution in [-0.2, 0) is 23.1 Å². The minimum atomic E-state index is -2.03. The Balaban J connectivity index is 1.86. The zero-order valence-electron chi connectivity index (χ0n) is 27.8. The molecule has 3 rings (SSSR count). The number of ether oxygens (including phenoxy) is 2. The van der Waals surface area contributed by atoms with Crippen LogP contribution in [-0.4, -0.2) is 54.2 Å². The zero-order valence-corrected chi connectivity index (χ0v) is 29.8. The molecule has 2 aliphatic carbocycles. The minimum Gasteiger partial charge on any atom is -0.491 e. The van der Waals surface area contributed by atoms with Crippen molar-refractivity contribution in [3.05, 3.63) is 24.0 Å². The second kappa shape index (κ2) is 13.4. The van der Waals surface area contributed by atoms with E-state index in [0.29, 0.717) is 18.1 Å². The van der Waals surface area contributed by atoms with E-state index < -0.39 is 22.8 Å². The molecule has 0 saturated heterocycles. The van der Waals surface area contributed by atoms with Gasteiger partial charge >= 0.3 is 5.97 Å². The number of carbonyl (C=O) groups excluding carboxylic acids is 1. The highest BCUT2D eigenvalue weighted by Gasteiger charge is 2.51. The quantitative estimate of drug-likeness (QED) is 0.125. The van der Waals surface area contributed by atoms with Gasteiger partial charge < -0.3 is 18.3 Å². The third-order valence-electron chi connectivity index (χ3n) is 10.7. The maximum absolute atomic E-state index is 15.2. The summed E-state index contributed by atoms with van der Waals surface area (Å²) in [5.41, 5.74) is 0. The summed E-state index contributed by atoms with van der Waals surface area (Å²) in [4.78, 5) is 11.5. The Hall–Kier alpha value is -0.966. The molecule has 0 N–H and O–H groups in total. The van der Waals surface area contributed by atoms with Crippen molar-refractivity contribution >= 4 is 22.6 Å². The van der Waals surface area contributed by atoms with Crippen molar-refractivity contribution in [1.82, 2.24) is 0 Å². The van der Waals surface area contributed by atoms with Crippen LogP contribution in [0.3, 0.4) is 0 Å². The highest BCUT2D eigenvalue weighted by atomic mass is 28.4. The van der Waals surface area contributed by atoms with Crippen LogP contribution >= 0.6 is 0 Å². The molecule has 236 valence electrons. The van der Waals surface area contributed by atoms with Gasteiger partial charge in [-0.2, -0.15) is 0 Å². The number of rotatable bonds is 12. The number of hydrogen-bond acceptors (Lipinski definition) is 5. The second-order valence-corrected chi connectivity index (χ2v) is 25.3. The van der Waals surface area contributed by atoms with E-state index in [2.05, 4.69) is 79.9 Å². The van der Waals surface area contributed by atoms with Crippen LogP contribution in [0.25, 0.3) is 0 Å². The molecule has 1 aliphatic heterocycles. The molecular weight excluding hydrogens is 552 g/mol. The van der Waals surface area contributed by atoms with Crippen molar-refractivity contribution < 1.29 is 27.5 Å². The number of hydrogen-bond donors (Lipinski definition) is 0. The van der Waals surface area contributed by atoms with Crippen molar-refractivity contribution in [2.75, 3.05) is 7.11 Å². The third kappa shape index (κ3) is 8.57. The normalized spacial score (nSPS) is 27.6. The Labute approximate surface area is 252 Å². The van der Waals surface area contributed by atoms with Crippen LogP contribution in [0.15, 0.2) is 24.0 Å². The summed E-state index contributed by atoms with van der Waals surface area (Å²) < 4.78 is 40.3. The van der Waals surface area contributed by atoms with E-state index in [-0.39, 0.29) is 59.0 Å². The molecule has 3 aliphatic rings. The van der Waals surface area contributed by atoms with Gasteiger partial charge in [0, 0.05) is 24.7 Å². The lowest BCUT2D eigenvalue weighted by molar-refractivity contribution is -0.140. The Morgan fingerprint density at radius 1 is 1.07 bits per heavy atom. The lowest BCUT2D eigenvalue weighted by atomic mass is 9.91. The number of esters is 1. The van der Waals surface area contributed by atoms with Crippen LogP contribution in [0, 0.1) is 17.8 Å². The van der Waals surface area contributed by atoms with Crippen molar-refractivity contribution in [1.29, 1.82) is 0 Å². The van der Waals surface area contributed by atoms with Gasteiger partial charge in [0.1, 0.15) is 11.9 Å². The maximum atomic E-state index is 15.2. The predicted octanol–water partition coefficient (Wildman–Crippen LogP) is 9.11. The molecule has 0 aromatic carbocycles. The summed E-state index contributed by atoms with van der Waals surface area (Å²) in [5.74, 6) is 0.864. The number of carbonyl (C=O) groups is 1. The maximum Gasteiger partial charge on any atom is 0.305 e. The molecule has 0 spiro atoms. The summed E-state index contributed by atoms with van der Waals surface area (Å²) >= 11 is 0. The standard InChI is InChI=1S/C33H59FO5Si2/c1-32(2,3)40(8,9)38-27(23-15-12-13-16-23)20-19-24-25-21-30(26(34)17-14-18-31(35)36-7)37-28(25)22-29(24)39-41(10,11)33(4,5)6/h19-21,23-29H,12-18,22H2,1-11H3/b20-19+/t24-,25-,26-,27+,28+,29-/m1/s1. The molecule has 1 heterocycles. The van der Waals surface area contributed by atoms with Crippen LogP contribution < -0.4 is 0 Å². The molecular formula is C33H59FO5Si2. The third-order valence-corrected chi connectivity index (χ3v) is 19.6. The Bertz CT molecular complexity index is 942. The first kappa shape index (κ1) is 34.5. The minimum absolute atomic E-state index is 0.0365. The van der Waals surface area contributed by atoms with Crippen molar-refractivity contribution in [3.63, 3.8) is 0 Å². The fraction of sp³-hybridized carbons (Fsp3) is 0.848. The summed E-state index contributed by atoms with van der Waals surface area (Å²) in [6.07, 6.45) is 12.2. The first-order chi connectivity index (χ1) is 18.9. The van der Waals surface area contributed by atoms with E-state index in [1.165, 1.54) is 32.8 Å². The van der Waals surface area contributed by atoms with E-state index in [1.807, 2.05) is 6.08 Å². The van der Waals surface area contributed by atoms with E-state index in [0.717, 1.165) is 6.42 Å². The lowest BCUT2D eigenvalue weighted by Crippen LogP contribution is -2.45. The van der Waals surface area contributed by atoms with Gasteiger partial charge in [0.25, 0.3) is 0 Å². The summed E-state index contributed by atoms with van der Waals surface area (Å²) in [5, 5.41) is 0.243. The zero-order chi connectivity index (χ0) is 30.8. The molecule has 6 atom stereocenters. The lowest BCUT2D eigenvalue weighted by Gasteiger charge is -2.41. The van der Waals surface area contributed by atoms with E-state index in [4.69, 9.17) is 18.3 Å². The van der Waals surface area contributed by atoms with Crippen molar-refractivity contribution in [3.8, 4) is 0 Å². The van der Waals surface area contributed by atoms with Gasteiger partial charge in [-0.15, -0.1) is 0 Å². The fourth-order valence-corrected chi connectivity index (χ4v) is 8.57. The molecule has 5 nitrogen and oxygen atoms in total. The molecule has 0 aromatic heterocycles. The monoisotopic (exact) mass is 610 g/mol. The number of halogens is 1. The topological polar surface area (TPSA) is 54.0 Å². The van der Waals surface area contributed by atoms with Gasteiger partial charge in [-0.05, 0) is 73.9 Å². The van der Waals surface area contributed by atoms with E-state index >= 15 is 4.39 Å². The van der Waals surface area contributed by atoms with Gasteiger partial charge in [-0.1, -0.05) is 66.5 Å². The highest BCUT2D eigenvalue weighted by molar-refractivity contribution is 6.74. The molecule has 8 heteroatoms. The predicted molar refractivity (Wildman–Crippen MR) is 171 cm³/mol. The summed E-state index contributed by atoms with van der Waals surface area (Å²) in [7, 11) is -2.63. The molecule has 0 amide bonds. The van der Waals surface area contributed by atoms with Gasteiger partial charge in [0.2, 0.25) is 0 Å². The Morgan fingerprint density at radius 2 is 1.68 bits per heavy atom. The van der Waals surface area contributed by atoms with Crippen LogP contribution in [0.4, 0.5) is 4.39 Å². The molecule has 41 heavy (non-hydrogen) atoms. The molecule has 0 bridgehead atoms. The van der Waals surface area contributed by atoms with Gasteiger partial charge in [-0.25, -0.2) is 4.39 Å². The van der Waals surface area contributed by atoms with E-state index in [1.54, 1.807) is 0 Å². The van der Waals surface area contributed by atoms with Gasteiger partial charge in [0.15, 0.2) is 22.8 Å². The Morgan fingerprint density at radius 3 is 2.24 bits per heavy atom. The van der Waals surface area contributed by atoms with Crippen LogP contribution in [0.2, 0.25) is 36.3 Å². The van der Waals surface area contributed by atoms with Gasteiger partial charge in [-0.3, -0.25) is 4.79 Å². The Kier molecular flexibility index (Phi) is 11.2. The summed E-state index contributed by atoms with van der Waals surface area (Å²) in [6.45, 7) is 23.1. The first-order valence-corrected chi connectivity index (χ1v) is 21.8. The number of allylic oxidation sites excluding steroid dienone is 1. The van der Waals surface area contributed by atoms with Crippen molar-refractivity contribution in [2.45, 2.75) is 154 Å². The van der Waals surface area contributed by atoms with Crippen LogP contribution in [0.1, 0.15) is 92.9 Å². The first-order valence-electron chi connectivity index (χ1n) is 16.0. The SMILES string of the molecule is COC(=O)CCC[C@@H](F)C1=C[C@@H]2[C@@H](/C=C/[C@H](O[Si](C)(C)C(C)(C)C)C3CCCC3)[C@H](O[Si](C)(C)C(C)(C)C)C[C@@H]2O1. The summed E-state index contributed by atoms with van der Waals surface area (Å²) in [6, 6.07) is 0. The molecule has 2 saturated carbocycles. The molecule has 0 radical (unpaired) electrons. The average Bonchev–Trinajstić information content (AvgIpc) is 3.57. The van der Waals surface area contributed by atoms with E-state index in [9.17, 15) is 4.79 Å². The highest BCUT2D eigenvalue weighted by Crippen LogP contribution is 2.48. The second-order valence-electron chi connectivity index (χ2n) is 15.7. The average molecular weight is 611 g/mol. The number of methoxy groups -OCH3 is 1. The fourth-order valence-electron chi connectivity index (χ4n) is 5.90. The molecule has 0 aromatic rings. The number of alkyl halides is 1. The largest absolute Gasteiger partial charge is 0.491 e. The number of fused-ring (bicyclic) bond motifs is 1. The molecule has 0 unspecified atom stereocenters. The molecule has 2 fully saturated rings. The van der Waals surface area contributed by atoms with Crippen molar-refractivity contribution in [2.24, 2.45) is 17.8 Å². The van der Waals surface area contributed by atoms with Gasteiger partial charge in [0.05, 0.1) is 19.3 Å². The van der Waals surface area contributed by atoms with Crippen LogP contribution in [0.5, 0.6) is 0 Å².